The van der Waals surface area contributed by atoms with Crippen molar-refractivity contribution in [2.24, 2.45) is 4.99 Å². The summed E-state index contributed by atoms with van der Waals surface area (Å²) in [6.07, 6.45) is 4.47. The van der Waals surface area contributed by atoms with Gasteiger partial charge in [-0.1, -0.05) is 19.1 Å². The van der Waals surface area contributed by atoms with Gasteiger partial charge in [0, 0.05) is 24.5 Å². The average molecular weight is 547 g/mol. The van der Waals surface area contributed by atoms with Gasteiger partial charge in [0.2, 0.25) is 5.88 Å². The highest BCUT2D eigenvalue weighted by molar-refractivity contribution is 14.0. The zero-order chi connectivity index (χ0) is 21.7. The highest BCUT2D eigenvalue weighted by atomic mass is 127. The van der Waals surface area contributed by atoms with Crippen molar-refractivity contribution in [2.75, 3.05) is 13.2 Å². The molecule has 2 N–H and O–H groups in total. The highest BCUT2D eigenvalue weighted by Crippen LogP contribution is 2.25. The SMILES string of the molecule is CCCOc1ccc(Oc2ncccc2CN=C(NCC)NCc2ccccn2)cc1.I. The summed E-state index contributed by atoms with van der Waals surface area (Å²) in [5, 5.41) is 6.55. The van der Waals surface area contributed by atoms with Crippen LogP contribution >= 0.6 is 24.0 Å². The first-order chi connectivity index (χ1) is 15.3. The minimum absolute atomic E-state index is 0. The van der Waals surface area contributed by atoms with Crippen LogP contribution in [0.5, 0.6) is 17.4 Å². The monoisotopic (exact) mass is 547 g/mol. The first kappa shape index (κ1) is 25.4. The van der Waals surface area contributed by atoms with Gasteiger partial charge in [-0.25, -0.2) is 9.98 Å². The van der Waals surface area contributed by atoms with Crippen LogP contribution in [-0.2, 0) is 13.1 Å². The maximum atomic E-state index is 6.00. The Balaban J connectivity index is 0.00000363. The van der Waals surface area contributed by atoms with Crippen LogP contribution in [0.4, 0.5) is 0 Å². The number of aliphatic imine (C=N–C) groups is 1. The van der Waals surface area contributed by atoms with Gasteiger partial charge in [0.1, 0.15) is 11.5 Å². The van der Waals surface area contributed by atoms with Crippen LogP contribution in [0, 0.1) is 0 Å². The van der Waals surface area contributed by atoms with Gasteiger partial charge in [-0.3, -0.25) is 4.98 Å². The molecule has 0 spiro atoms. The summed E-state index contributed by atoms with van der Waals surface area (Å²) in [7, 11) is 0. The number of rotatable bonds is 10. The molecule has 0 unspecified atom stereocenters. The van der Waals surface area contributed by atoms with Gasteiger partial charge in [0.25, 0.3) is 0 Å². The number of hydrogen-bond acceptors (Lipinski definition) is 5. The van der Waals surface area contributed by atoms with Gasteiger partial charge < -0.3 is 20.1 Å². The molecule has 0 radical (unpaired) electrons. The number of aromatic nitrogens is 2. The van der Waals surface area contributed by atoms with Crippen molar-refractivity contribution < 1.29 is 9.47 Å². The lowest BCUT2D eigenvalue weighted by Gasteiger charge is -2.12. The van der Waals surface area contributed by atoms with Crippen molar-refractivity contribution in [3.8, 4) is 17.4 Å². The molecule has 0 aliphatic rings. The highest BCUT2D eigenvalue weighted by Gasteiger charge is 2.07. The average Bonchev–Trinajstić information content (AvgIpc) is 2.82. The maximum absolute atomic E-state index is 6.00. The third-order valence-electron chi connectivity index (χ3n) is 4.28. The van der Waals surface area contributed by atoms with E-state index in [1.807, 2.05) is 61.5 Å². The van der Waals surface area contributed by atoms with E-state index in [-0.39, 0.29) is 24.0 Å². The normalized spacial score (nSPS) is 10.8. The number of benzene rings is 1. The third-order valence-corrected chi connectivity index (χ3v) is 4.28. The maximum Gasteiger partial charge on any atom is 0.224 e. The number of ether oxygens (including phenoxy) is 2. The predicted octanol–water partition coefficient (Wildman–Crippen LogP) is 4.93. The fraction of sp³-hybridized carbons (Fsp3) is 0.292. The molecule has 2 aromatic heterocycles. The van der Waals surface area contributed by atoms with Crippen molar-refractivity contribution in [2.45, 2.75) is 33.4 Å². The molecule has 1 aromatic carbocycles. The van der Waals surface area contributed by atoms with Crippen LogP contribution in [0.2, 0.25) is 0 Å². The minimum Gasteiger partial charge on any atom is -0.494 e. The first-order valence-corrected chi connectivity index (χ1v) is 10.5. The molecule has 32 heavy (non-hydrogen) atoms. The van der Waals surface area contributed by atoms with Crippen molar-refractivity contribution in [1.82, 2.24) is 20.6 Å². The lowest BCUT2D eigenvalue weighted by molar-refractivity contribution is 0.317. The van der Waals surface area contributed by atoms with E-state index in [1.54, 1.807) is 12.4 Å². The molecule has 3 rings (SSSR count). The Labute approximate surface area is 206 Å². The molecule has 2 heterocycles. The zero-order valence-electron chi connectivity index (χ0n) is 18.5. The van der Waals surface area contributed by atoms with Gasteiger partial charge >= 0.3 is 0 Å². The van der Waals surface area contributed by atoms with Crippen molar-refractivity contribution in [3.05, 3.63) is 78.2 Å². The molecule has 0 aliphatic heterocycles. The lowest BCUT2D eigenvalue weighted by atomic mass is 10.2. The van der Waals surface area contributed by atoms with Crippen LogP contribution in [0.25, 0.3) is 0 Å². The topological polar surface area (TPSA) is 80.7 Å². The summed E-state index contributed by atoms with van der Waals surface area (Å²) in [5.74, 6) is 2.77. The molecular formula is C24H30IN5O2. The van der Waals surface area contributed by atoms with E-state index in [0.29, 0.717) is 37.3 Å². The van der Waals surface area contributed by atoms with E-state index in [1.165, 1.54) is 0 Å². The minimum atomic E-state index is 0. The predicted molar refractivity (Wildman–Crippen MR) is 138 cm³/mol. The molecule has 0 atom stereocenters. The number of nitrogens with zero attached hydrogens (tertiary/aromatic N) is 3. The summed E-state index contributed by atoms with van der Waals surface area (Å²) < 4.78 is 11.6. The van der Waals surface area contributed by atoms with Crippen LogP contribution in [0.1, 0.15) is 31.5 Å². The Kier molecular flexibility index (Phi) is 11.3. The lowest BCUT2D eigenvalue weighted by Crippen LogP contribution is -2.37. The summed E-state index contributed by atoms with van der Waals surface area (Å²) in [5.41, 5.74) is 1.84. The van der Waals surface area contributed by atoms with Crippen LogP contribution in [-0.4, -0.2) is 29.1 Å². The number of nitrogens with one attached hydrogen (secondary N) is 2. The molecule has 0 bridgehead atoms. The van der Waals surface area contributed by atoms with Crippen molar-refractivity contribution in [3.63, 3.8) is 0 Å². The molecule has 0 amide bonds. The Morgan fingerprint density at radius 1 is 0.906 bits per heavy atom. The van der Waals surface area contributed by atoms with Gasteiger partial charge in [0.05, 0.1) is 25.4 Å². The summed E-state index contributed by atoms with van der Waals surface area (Å²) in [6.45, 7) is 6.60. The van der Waals surface area contributed by atoms with Crippen molar-refractivity contribution >= 4 is 29.9 Å². The zero-order valence-corrected chi connectivity index (χ0v) is 20.8. The first-order valence-electron chi connectivity index (χ1n) is 10.5. The second kappa shape index (κ2) is 14.2. The molecular weight excluding hydrogens is 517 g/mol. The summed E-state index contributed by atoms with van der Waals surface area (Å²) >= 11 is 0. The number of guanidine groups is 1. The molecule has 7 nitrogen and oxygen atoms in total. The number of hydrogen-bond donors (Lipinski definition) is 2. The van der Waals surface area contributed by atoms with Crippen LogP contribution < -0.4 is 20.1 Å². The molecule has 0 fully saturated rings. The van der Waals surface area contributed by atoms with Crippen LogP contribution in [0.15, 0.2) is 72.0 Å². The van der Waals surface area contributed by atoms with Crippen molar-refractivity contribution in [1.29, 1.82) is 0 Å². The van der Waals surface area contributed by atoms with E-state index < -0.39 is 0 Å². The molecule has 8 heteroatoms. The molecule has 0 saturated carbocycles. The summed E-state index contributed by atoms with van der Waals surface area (Å²) in [4.78, 5) is 13.4. The Morgan fingerprint density at radius 2 is 1.69 bits per heavy atom. The Bertz CT molecular complexity index is 952. The number of pyridine rings is 2. The molecule has 170 valence electrons. The largest absolute Gasteiger partial charge is 0.494 e. The van der Waals surface area contributed by atoms with E-state index in [0.717, 1.165) is 30.0 Å². The third kappa shape index (κ3) is 8.33. The second-order valence-electron chi connectivity index (χ2n) is 6.76. The van der Waals surface area contributed by atoms with Gasteiger partial charge in [0.15, 0.2) is 5.96 Å². The fourth-order valence-electron chi connectivity index (χ4n) is 2.75. The summed E-state index contributed by atoms with van der Waals surface area (Å²) in [6, 6.07) is 17.3. The molecule has 0 saturated heterocycles. The standard InChI is InChI=1S/C24H29N5O2.HI/c1-3-16-30-21-10-12-22(13-11-21)31-23-19(8-7-15-27-23)17-28-24(25-4-2)29-18-20-9-5-6-14-26-20;/h5-15H,3-4,16-18H2,1-2H3,(H2,25,28,29);1H. The Morgan fingerprint density at radius 3 is 2.41 bits per heavy atom. The quantitative estimate of drug-likeness (QED) is 0.213. The van der Waals surface area contributed by atoms with Crippen LogP contribution in [0.3, 0.4) is 0 Å². The number of halogens is 1. The van der Waals surface area contributed by atoms with Gasteiger partial charge in [-0.05, 0) is 55.8 Å². The van der Waals surface area contributed by atoms with E-state index in [9.17, 15) is 0 Å². The molecule has 3 aromatic rings. The van der Waals surface area contributed by atoms with E-state index in [4.69, 9.17) is 9.47 Å². The fourth-order valence-corrected chi connectivity index (χ4v) is 2.75. The van der Waals surface area contributed by atoms with Gasteiger partial charge in [-0.15, -0.1) is 24.0 Å². The molecule has 0 aliphatic carbocycles. The van der Waals surface area contributed by atoms with E-state index in [2.05, 4.69) is 32.5 Å². The Hall–Kier alpha value is -2.88. The smallest absolute Gasteiger partial charge is 0.224 e. The second-order valence-corrected chi connectivity index (χ2v) is 6.76. The van der Waals surface area contributed by atoms with Gasteiger partial charge in [-0.2, -0.15) is 0 Å². The van der Waals surface area contributed by atoms with E-state index >= 15 is 0 Å².